The fraction of sp³-hybridized carbons (Fsp3) is 0.438. The van der Waals surface area contributed by atoms with E-state index in [4.69, 9.17) is 5.11 Å². The molecule has 0 unspecified atom stereocenters. The Kier molecular flexibility index (Phi) is 5.32. The number of rotatable bonds is 5. The summed E-state index contributed by atoms with van der Waals surface area (Å²) in [5.41, 5.74) is 1.99. The Morgan fingerprint density at radius 3 is 2.85 bits per heavy atom. The van der Waals surface area contributed by atoms with Crippen molar-refractivity contribution in [3.05, 3.63) is 42.5 Å². The van der Waals surface area contributed by atoms with Gasteiger partial charge < -0.3 is 10.4 Å². The highest BCUT2D eigenvalue weighted by Gasteiger charge is 2.18. The summed E-state index contributed by atoms with van der Waals surface area (Å²) in [5, 5.41) is 11.9. The molecule has 1 heterocycles. The SMILES string of the molecule is C=CC(=O)Nc1cccc(CN2CCC(CO)CC2)c1. The van der Waals surface area contributed by atoms with Gasteiger partial charge in [-0.15, -0.1) is 0 Å². The molecular formula is C16H22N2O2. The Hall–Kier alpha value is -1.65. The summed E-state index contributed by atoms with van der Waals surface area (Å²) in [6.45, 7) is 6.68. The Morgan fingerprint density at radius 2 is 2.20 bits per heavy atom. The zero-order valence-corrected chi connectivity index (χ0v) is 11.7. The third kappa shape index (κ3) is 4.18. The van der Waals surface area contributed by atoms with Crippen molar-refractivity contribution < 1.29 is 9.90 Å². The Balaban J connectivity index is 1.91. The number of piperidine rings is 1. The van der Waals surface area contributed by atoms with E-state index in [0.29, 0.717) is 12.5 Å². The number of aliphatic hydroxyl groups excluding tert-OH is 1. The van der Waals surface area contributed by atoms with Crippen LogP contribution < -0.4 is 5.32 Å². The molecule has 20 heavy (non-hydrogen) atoms. The minimum atomic E-state index is -0.189. The Bertz CT molecular complexity index is 465. The highest BCUT2D eigenvalue weighted by Crippen LogP contribution is 2.19. The van der Waals surface area contributed by atoms with Crippen LogP contribution in [-0.4, -0.2) is 35.6 Å². The van der Waals surface area contributed by atoms with Crippen LogP contribution in [0, 0.1) is 5.92 Å². The Morgan fingerprint density at radius 1 is 1.45 bits per heavy atom. The lowest BCUT2D eigenvalue weighted by atomic mass is 9.97. The van der Waals surface area contributed by atoms with E-state index in [1.54, 1.807) is 0 Å². The van der Waals surface area contributed by atoms with Crippen molar-refractivity contribution >= 4 is 11.6 Å². The number of amides is 1. The summed E-state index contributed by atoms with van der Waals surface area (Å²) >= 11 is 0. The molecule has 0 atom stereocenters. The molecule has 1 aromatic rings. The Labute approximate surface area is 120 Å². The quantitative estimate of drug-likeness (QED) is 0.808. The first kappa shape index (κ1) is 14.8. The molecule has 1 fully saturated rings. The van der Waals surface area contributed by atoms with Gasteiger partial charge in [-0.25, -0.2) is 0 Å². The molecule has 4 heteroatoms. The number of benzene rings is 1. The van der Waals surface area contributed by atoms with Crippen molar-refractivity contribution in [2.45, 2.75) is 19.4 Å². The number of likely N-dealkylation sites (tertiary alicyclic amines) is 1. The first-order valence-electron chi connectivity index (χ1n) is 7.07. The molecule has 1 amide bonds. The average molecular weight is 274 g/mol. The van der Waals surface area contributed by atoms with Gasteiger partial charge in [0.2, 0.25) is 5.91 Å². The second-order valence-electron chi connectivity index (χ2n) is 5.30. The van der Waals surface area contributed by atoms with Gasteiger partial charge in [-0.05, 0) is 55.6 Å². The van der Waals surface area contributed by atoms with Crippen LogP contribution in [0.4, 0.5) is 5.69 Å². The van der Waals surface area contributed by atoms with E-state index in [-0.39, 0.29) is 5.91 Å². The standard InChI is InChI=1S/C16H22N2O2/c1-2-16(20)17-15-5-3-4-14(10-15)11-18-8-6-13(12-19)7-9-18/h2-5,10,13,19H,1,6-9,11-12H2,(H,17,20). The van der Waals surface area contributed by atoms with E-state index < -0.39 is 0 Å². The summed E-state index contributed by atoms with van der Waals surface area (Å²) < 4.78 is 0. The molecule has 1 aliphatic heterocycles. The van der Waals surface area contributed by atoms with Crippen molar-refractivity contribution in [3.8, 4) is 0 Å². The van der Waals surface area contributed by atoms with Crippen LogP contribution in [0.3, 0.4) is 0 Å². The molecule has 2 N–H and O–H groups in total. The van der Waals surface area contributed by atoms with Gasteiger partial charge in [-0.2, -0.15) is 0 Å². The van der Waals surface area contributed by atoms with Crippen molar-refractivity contribution in [3.63, 3.8) is 0 Å². The van der Waals surface area contributed by atoms with Gasteiger partial charge in [0.25, 0.3) is 0 Å². The second-order valence-corrected chi connectivity index (χ2v) is 5.30. The van der Waals surface area contributed by atoms with E-state index in [1.165, 1.54) is 11.6 Å². The smallest absolute Gasteiger partial charge is 0.247 e. The average Bonchev–Trinajstić information content (AvgIpc) is 2.48. The molecule has 0 bridgehead atoms. The normalized spacial score (nSPS) is 16.9. The lowest BCUT2D eigenvalue weighted by Crippen LogP contribution is -2.34. The monoisotopic (exact) mass is 274 g/mol. The van der Waals surface area contributed by atoms with Crippen LogP contribution in [0.25, 0.3) is 0 Å². The zero-order valence-electron chi connectivity index (χ0n) is 11.7. The van der Waals surface area contributed by atoms with Gasteiger partial charge in [-0.1, -0.05) is 18.7 Å². The molecule has 0 aromatic heterocycles. The molecule has 2 rings (SSSR count). The maximum absolute atomic E-state index is 11.3. The number of aliphatic hydroxyl groups is 1. The fourth-order valence-corrected chi connectivity index (χ4v) is 2.53. The first-order chi connectivity index (χ1) is 9.71. The molecule has 0 spiro atoms. The van der Waals surface area contributed by atoms with Crippen LogP contribution in [-0.2, 0) is 11.3 Å². The zero-order chi connectivity index (χ0) is 14.4. The first-order valence-corrected chi connectivity index (χ1v) is 7.07. The third-order valence-electron chi connectivity index (χ3n) is 3.75. The van der Waals surface area contributed by atoms with Crippen molar-refractivity contribution in [1.29, 1.82) is 0 Å². The highest BCUT2D eigenvalue weighted by atomic mass is 16.3. The highest BCUT2D eigenvalue weighted by molar-refractivity contribution is 5.98. The number of nitrogens with zero attached hydrogens (tertiary/aromatic N) is 1. The largest absolute Gasteiger partial charge is 0.396 e. The minimum Gasteiger partial charge on any atom is -0.396 e. The number of hydrogen-bond donors (Lipinski definition) is 2. The fourth-order valence-electron chi connectivity index (χ4n) is 2.53. The van der Waals surface area contributed by atoms with E-state index in [9.17, 15) is 4.79 Å². The number of carbonyl (C=O) groups is 1. The summed E-state index contributed by atoms with van der Waals surface area (Å²) in [6.07, 6.45) is 3.39. The van der Waals surface area contributed by atoms with E-state index >= 15 is 0 Å². The molecule has 1 saturated heterocycles. The summed E-state index contributed by atoms with van der Waals surface area (Å²) in [6, 6.07) is 7.90. The van der Waals surface area contributed by atoms with Crippen molar-refractivity contribution in [1.82, 2.24) is 4.90 Å². The summed E-state index contributed by atoms with van der Waals surface area (Å²) in [4.78, 5) is 13.7. The molecule has 1 aromatic carbocycles. The molecule has 1 aliphatic rings. The molecule has 0 radical (unpaired) electrons. The lowest BCUT2D eigenvalue weighted by Gasteiger charge is -2.31. The molecule has 4 nitrogen and oxygen atoms in total. The van der Waals surface area contributed by atoms with Gasteiger partial charge >= 0.3 is 0 Å². The number of carbonyl (C=O) groups excluding carboxylic acids is 1. The third-order valence-corrected chi connectivity index (χ3v) is 3.75. The van der Waals surface area contributed by atoms with Gasteiger partial charge in [0, 0.05) is 18.8 Å². The van der Waals surface area contributed by atoms with Crippen LogP contribution in [0.1, 0.15) is 18.4 Å². The summed E-state index contributed by atoms with van der Waals surface area (Å²) in [7, 11) is 0. The van der Waals surface area contributed by atoms with Crippen LogP contribution in [0.2, 0.25) is 0 Å². The van der Waals surface area contributed by atoms with Gasteiger partial charge in [0.15, 0.2) is 0 Å². The van der Waals surface area contributed by atoms with Crippen molar-refractivity contribution in [2.75, 3.05) is 25.0 Å². The van der Waals surface area contributed by atoms with Gasteiger partial charge in [-0.3, -0.25) is 9.69 Å². The van der Waals surface area contributed by atoms with Crippen molar-refractivity contribution in [2.24, 2.45) is 5.92 Å². The van der Waals surface area contributed by atoms with E-state index in [1.807, 2.05) is 18.2 Å². The van der Waals surface area contributed by atoms with Crippen LogP contribution in [0.15, 0.2) is 36.9 Å². The molecule has 0 aliphatic carbocycles. The maximum atomic E-state index is 11.3. The van der Waals surface area contributed by atoms with Gasteiger partial charge in [0.1, 0.15) is 0 Å². The summed E-state index contributed by atoms with van der Waals surface area (Å²) in [5.74, 6) is 0.273. The molecular weight excluding hydrogens is 252 g/mol. The molecule has 0 saturated carbocycles. The van der Waals surface area contributed by atoms with E-state index in [2.05, 4.69) is 22.9 Å². The number of anilines is 1. The minimum absolute atomic E-state index is 0.189. The topological polar surface area (TPSA) is 52.6 Å². The maximum Gasteiger partial charge on any atom is 0.247 e. The predicted molar refractivity (Wildman–Crippen MR) is 80.4 cm³/mol. The number of nitrogens with one attached hydrogen (secondary N) is 1. The second kappa shape index (κ2) is 7.22. The van der Waals surface area contributed by atoms with Crippen LogP contribution in [0.5, 0.6) is 0 Å². The number of hydrogen-bond acceptors (Lipinski definition) is 3. The predicted octanol–water partition coefficient (Wildman–Crippen LogP) is 2.02. The van der Waals surface area contributed by atoms with E-state index in [0.717, 1.165) is 38.2 Å². The van der Waals surface area contributed by atoms with Gasteiger partial charge in [0.05, 0.1) is 0 Å². The van der Waals surface area contributed by atoms with Crippen LogP contribution >= 0.6 is 0 Å². The lowest BCUT2D eigenvalue weighted by molar-refractivity contribution is -0.111. The molecule has 108 valence electrons.